The van der Waals surface area contributed by atoms with Gasteiger partial charge in [-0.3, -0.25) is 4.79 Å². The number of carbonyl (C=O) groups excluding carboxylic acids is 1. The number of halogens is 2. The quantitative estimate of drug-likeness (QED) is 0.290. The van der Waals surface area contributed by atoms with Crippen LogP contribution in [0.1, 0.15) is 11.1 Å². The van der Waals surface area contributed by atoms with Crippen LogP contribution in [0.2, 0.25) is 5.02 Å². The lowest BCUT2D eigenvalue weighted by Crippen LogP contribution is -2.14. The van der Waals surface area contributed by atoms with Crippen molar-refractivity contribution in [1.29, 1.82) is 5.26 Å². The lowest BCUT2D eigenvalue weighted by molar-refractivity contribution is -0.112. The molecule has 176 valence electrons. The highest BCUT2D eigenvalue weighted by Gasteiger charge is 2.14. The molecule has 0 aliphatic rings. The molecule has 0 aliphatic heterocycles. The van der Waals surface area contributed by atoms with Gasteiger partial charge >= 0.3 is 0 Å². The molecule has 0 saturated heterocycles. The Morgan fingerprint density at radius 1 is 1.14 bits per heavy atom. The molecule has 1 amide bonds. The Hall–Kier alpha value is -3.97. The standard InChI is InChI=1S/C25H18ClFN4O3S/c26-23-12-19(27)6-5-16(23)14-31-15-18(22-3-1-2-4-24(22)31)11-17(13-28)25(32)30-20-7-9-21(10-8-20)35(29,33)34/h1-12,15H,14H2,(H,30,32)(H2,29,33,34)/b17-11+. The number of anilines is 1. The van der Waals surface area contributed by atoms with Crippen LogP contribution in [-0.4, -0.2) is 18.9 Å². The van der Waals surface area contributed by atoms with E-state index in [1.807, 2.05) is 34.9 Å². The Balaban J connectivity index is 1.65. The summed E-state index contributed by atoms with van der Waals surface area (Å²) in [5.41, 5.74) is 2.34. The number of fused-ring (bicyclic) bond motifs is 1. The number of nitriles is 1. The van der Waals surface area contributed by atoms with Crippen LogP contribution >= 0.6 is 11.6 Å². The average molecular weight is 509 g/mol. The summed E-state index contributed by atoms with van der Waals surface area (Å²) < 4.78 is 38.1. The van der Waals surface area contributed by atoms with Crippen molar-refractivity contribution in [3.05, 3.63) is 100 Å². The third-order valence-electron chi connectivity index (χ3n) is 5.28. The SMILES string of the molecule is N#C/C(=C\c1cn(Cc2ccc(F)cc2Cl)c2ccccc12)C(=O)Nc1ccc(S(N)(=O)=O)cc1. The summed E-state index contributed by atoms with van der Waals surface area (Å²) in [5.74, 6) is -1.09. The number of aromatic nitrogens is 1. The molecule has 0 radical (unpaired) electrons. The summed E-state index contributed by atoms with van der Waals surface area (Å²) in [4.78, 5) is 12.6. The highest BCUT2D eigenvalue weighted by molar-refractivity contribution is 7.89. The molecule has 0 atom stereocenters. The van der Waals surface area contributed by atoms with Crippen LogP contribution in [0.25, 0.3) is 17.0 Å². The van der Waals surface area contributed by atoms with E-state index in [0.717, 1.165) is 10.9 Å². The largest absolute Gasteiger partial charge is 0.342 e. The van der Waals surface area contributed by atoms with Gasteiger partial charge in [0.25, 0.3) is 5.91 Å². The second-order valence-corrected chi connectivity index (χ2v) is 9.63. The highest BCUT2D eigenvalue weighted by atomic mass is 35.5. The van der Waals surface area contributed by atoms with Gasteiger partial charge in [-0.15, -0.1) is 0 Å². The van der Waals surface area contributed by atoms with E-state index < -0.39 is 21.7 Å². The molecule has 0 spiro atoms. The van der Waals surface area contributed by atoms with Gasteiger partial charge in [0.2, 0.25) is 10.0 Å². The van der Waals surface area contributed by atoms with E-state index in [1.54, 1.807) is 12.3 Å². The Labute approximate surface area is 205 Å². The summed E-state index contributed by atoms with van der Waals surface area (Å²) in [6.45, 7) is 0.359. The van der Waals surface area contributed by atoms with Gasteiger partial charge in [-0.05, 0) is 54.1 Å². The summed E-state index contributed by atoms with van der Waals surface area (Å²) in [6.07, 6.45) is 3.26. The van der Waals surface area contributed by atoms with Gasteiger partial charge in [0.15, 0.2) is 0 Å². The minimum atomic E-state index is -3.86. The van der Waals surface area contributed by atoms with E-state index in [4.69, 9.17) is 16.7 Å². The lowest BCUT2D eigenvalue weighted by Gasteiger charge is -2.07. The molecular weight excluding hydrogens is 491 g/mol. The number of benzene rings is 3. The maximum absolute atomic E-state index is 13.4. The van der Waals surface area contributed by atoms with E-state index in [2.05, 4.69) is 5.32 Å². The monoisotopic (exact) mass is 508 g/mol. The van der Waals surface area contributed by atoms with Gasteiger partial charge < -0.3 is 9.88 Å². The predicted molar refractivity (Wildman–Crippen MR) is 132 cm³/mol. The topological polar surface area (TPSA) is 118 Å². The van der Waals surface area contributed by atoms with Crippen molar-refractivity contribution < 1.29 is 17.6 Å². The minimum absolute atomic E-state index is 0.0967. The number of carbonyl (C=O) groups is 1. The van der Waals surface area contributed by atoms with Crippen molar-refractivity contribution in [3.8, 4) is 6.07 Å². The Bertz CT molecular complexity index is 1620. The Morgan fingerprint density at radius 3 is 2.51 bits per heavy atom. The highest BCUT2D eigenvalue weighted by Crippen LogP contribution is 2.27. The normalized spacial score (nSPS) is 11.9. The fourth-order valence-corrected chi connectivity index (χ4v) is 4.33. The van der Waals surface area contributed by atoms with Crippen molar-refractivity contribution in [3.63, 3.8) is 0 Å². The molecule has 0 bridgehead atoms. The van der Waals surface area contributed by atoms with E-state index in [-0.39, 0.29) is 10.5 Å². The summed E-state index contributed by atoms with van der Waals surface area (Å²) in [7, 11) is -3.86. The number of primary sulfonamides is 1. The van der Waals surface area contributed by atoms with Crippen molar-refractivity contribution in [1.82, 2.24) is 4.57 Å². The van der Waals surface area contributed by atoms with Crippen molar-refractivity contribution in [2.45, 2.75) is 11.4 Å². The molecule has 3 N–H and O–H groups in total. The summed E-state index contributed by atoms with van der Waals surface area (Å²) >= 11 is 6.20. The van der Waals surface area contributed by atoms with Crippen LogP contribution in [0.3, 0.4) is 0 Å². The van der Waals surface area contributed by atoms with Crippen molar-refractivity contribution in [2.75, 3.05) is 5.32 Å². The first kappa shape index (κ1) is 24.2. The molecule has 0 fully saturated rings. The van der Waals surface area contributed by atoms with Gasteiger partial charge in [0, 0.05) is 39.9 Å². The lowest BCUT2D eigenvalue weighted by atomic mass is 10.1. The second kappa shape index (κ2) is 9.72. The smallest absolute Gasteiger partial charge is 0.266 e. The molecule has 3 aromatic carbocycles. The molecule has 4 rings (SSSR count). The van der Waals surface area contributed by atoms with Crippen LogP contribution in [-0.2, 0) is 21.4 Å². The molecule has 35 heavy (non-hydrogen) atoms. The molecule has 0 aliphatic carbocycles. The molecule has 0 unspecified atom stereocenters. The van der Waals surface area contributed by atoms with Gasteiger partial charge in [0.05, 0.1) is 4.90 Å². The van der Waals surface area contributed by atoms with Crippen molar-refractivity contribution in [2.24, 2.45) is 5.14 Å². The average Bonchev–Trinajstić information content (AvgIpc) is 3.16. The molecule has 1 heterocycles. The first-order valence-corrected chi connectivity index (χ1v) is 12.2. The Kier molecular flexibility index (Phi) is 6.71. The van der Waals surface area contributed by atoms with Gasteiger partial charge in [0.1, 0.15) is 17.5 Å². The maximum atomic E-state index is 13.4. The third kappa shape index (κ3) is 5.41. The van der Waals surface area contributed by atoms with E-state index in [0.29, 0.717) is 28.4 Å². The number of nitrogens with two attached hydrogens (primary N) is 1. The number of nitrogens with zero attached hydrogens (tertiary/aromatic N) is 2. The Morgan fingerprint density at radius 2 is 1.86 bits per heavy atom. The van der Waals surface area contributed by atoms with Crippen molar-refractivity contribution >= 4 is 50.2 Å². The molecule has 4 aromatic rings. The van der Waals surface area contributed by atoms with Crippen LogP contribution in [0.15, 0.2) is 83.4 Å². The second-order valence-electron chi connectivity index (χ2n) is 7.66. The zero-order valence-electron chi connectivity index (χ0n) is 18.1. The maximum Gasteiger partial charge on any atom is 0.266 e. The third-order valence-corrected chi connectivity index (χ3v) is 6.56. The van der Waals surface area contributed by atoms with Gasteiger partial charge in [-0.25, -0.2) is 17.9 Å². The van der Waals surface area contributed by atoms with Crippen LogP contribution in [0.4, 0.5) is 10.1 Å². The van der Waals surface area contributed by atoms with Crippen LogP contribution in [0.5, 0.6) is 0 Å². The number of sulfonamides is 1. The minimum Gasteiger partial charge on any atom is -0.342 e. The number of hydrogen-bond donors (Lipinski definition) is 2. The fourth-order valence-electron chi connectivity index (χ4n) is 3.58. The zero-order chi connectivity index (χ0) is 25.2. The summed E-state index contributed by atoms with van der Waals surface area (Å²) in [5, 5.41) is 18.4. The molecule has 1 aromatic heterocycles. The fraction of sp³-hybridized carbons (Fsp3) is 0.0400. The first-order valence-electron chi connectivity index (χ1n) is 10.2. The van der Waals surface area contributed by atoms with Crippen LogP contribution in [0, 0.1) is 17.1 Å². The number of amides is 1. The molecular formula is C25H18ClFN4O3S. The number of para-hydroxylation sites is 1. The zero-order valence-corrected chi connectivity index (χ0v) is 19.6. The molecule has 7 nitrogen and oxygen atoms in total. The van der Waals surface area contributed by atoms with Gasteiger partial charge in [-0.1, -0.05) is 35.9 Å². The van der Waals surface area contributed by atoms with E-state index >= 15 is 0 Å². The summed E-state index contributed by atoms with van der Waals surface area (Å²) in [6, 6.07) is 18.8. The van der Waals surface area contributed by atoms with E-state index in [9.17, 15) is 22.9 Å². The predicted octanol–water partition coefficient (Wildman–Crippen LogP) is 4.68. The van der Waals surface area contributed by atoms with Gasteiger partial charge in [-0.2, -0.15) is 5.26 Å². The van der Waals surface area contributed by atoms with Crippen LogP contribution < -0.4 is 10.5 Å². The number of rotatable bonds is 6. The molecule has 0 saturated carbocycles. The molecule has 10 heteroatoms. The van der Waals surface area contributed by atoms with E-state index in [1.165, 1.54) is 42.5 Å². The number of nitrogens with one attached hydrogen (secondary N) is 1. The number of hydrogen-bond acceptors (Lipinski definition) is 4. The first-order chi connectivity index (χ1) is 16.7.